The summed E-state index contributed by atoms with van der Waals surface area (Å²) in [7, 11) is 0. The van der Waals surface area contributed by atoms with Gasteiger partial charge in [-0.05, 0) is 62.6 Å². The van der Waals surface area contributed by atoms with Crippen LogP contribution < -0.4 is 10.5 Å². The molecule has 3 aromatic rings. The van der Waals surface area contributed by atoms with Crippen LogP contribution in [0.15, 0.2) is 52.4 Å². The molecule has 2 aromatic carbocycles. The van der Waals surface area contributed by atoms with Crippen LogP contribution in [0.4, 0.5) is 10.1 Å². The van der Waals surface area contributed by atoms with Gasteiger partial charge in [0.25, 0.3) is 5.56 Å². The van der Waals surface area contributed by atoms with Gasteiger partial charge in [0.05, 0.1) is 16.7 Å². The lowest BCUT2D eigenvalue weighted by Gasteiger charge is -2.35. The minimum atomic E-state index is -0.285. The summed E-state index contributed by atoms with van der Waals surface area (Å²) < 4.78 is 15.2. The van der Waals surface area contributed by atoms with Gasteiger partial charge in [0, 0.05) is 18.3 Å². The van der Waals surface area contributed by atoms with Crippen LogP contribution in [0.3, 0.4) is 0 Å². The SMILES string of the molecule is CCn1c(SCC(=O)N2c3ccc(F)cc3CC[C@H]2C)nc2ccccc2c1=O. The molecule has 0 aliphatic carbocycles. The van der Waals surface area contributed by atoms with Gasteiger partial charge in [-0.1, -0.05) is 23.9 Å². The fourth-order valence-electron chi connectivity index (χ4n) is 3.83. The molecule has 1 aliphatic heterocycles. The molecule has 1 aromatic heterocycles. The van der Waals surface area contributed by atoms with Crippen LogP contribution in [0.1, 0.15) is 25.8 Å². The van der Waals surface area contributed by atoms with E-state index in [1.807, 2.05) is 26.0 Å². The number of nitrogens with zero attached hydrogens (tertiary/aromatic N) is 3. The van der Waals surface area contributed by atoms with Crippen molar-refractivity contribution in [3.05, 3.63) is 64.2 Å². The average Bonchev–Trinajstić information content (AvgIpc) is 2.72. The monoisotopic (exact) mass is 411 g/mol. The standard InChI is InChI=1S/C22H22FN3O2S/c1-3-25-21(28)17-6-4-5-7-18(17)24-22(25)29-13-20(27)26-14(2)8-9-15-12-16(23)10-11-19(15)26/h4-7,10-12,14H,3,8-9,13H2,1-2H3/t14-/m1/s1. The van der Waals surface area contributed by atoms with E-state index >= 15 is 0 Å². The maximum absolute atomic E-state index is 13.6. The number of hydrogen-bond donors (Lipinski definition) is 0. The second kappa shape index (κ2) is 7.99. The highest BCUT2D eigenvalue weighted by Gasteiger charge is 2.28. The summed E-state index contributed by atoms with van der Waals surface area (Å²) in [6.45, 7) is 4.38. The van der Waals surface area contributed by atoms with Gasteiger partial charge in [-0.15, -0.1) is 0 Å². The smallest absolute Gasteiger partial charge is 0.262 e. The summed E-state index contributed by atoms with van der Waals surface area (Å²) in [5.41, 5.74) is 2.16. The number of rotatable bonds is 4. The largest absolute Gasteiger partial charge is 0.309 e. The van der Waals surface area contributed by atoms with Gasteiger partial charge in [-0.3, -0.25) is 14.2 Å². The second-order valence-corrected chi connectivity index (χ2v) is 8.12. The molecule has 0 spiro atoms. The molecule has 1 aliphatic rings. The molecule has 0 fully saturated rings. The van der Waals surface area contributed by atoms with Gasteiger partial charge in [0.15, 0.2) is 5.16 Å². The fraction of sp³-hybridized carbons (Fsp3) is 0.318. The predicted octanol–water partition coefficient (Wildman–Crippen LogP) is 4.02. The molecule has 0 bridgehead atoms. The highest BCUT2D eigenvalue weighted by atomic mass is 32.2. The minimum absolute atomic E-state index is 0.0407. The third-order valence-electron chi connectivity index (χ3n) is 5.31. The van der Waals surface area contributed by atoms with Crippen LogP contribution in [0.2, 0.25) is 0 Å². The van der Waals surface area contributed by atoms with Gasteiger partial charge >= 0.3 is 0 Å². The first kappa shape index (κ1) is 19.6. The zero-order chi connectivity index (χ0) is 20.5. The summed E-state index contributed by atoms with van der Waals surface area (Å²) in [6.07, 6.45) is 1.55. The number of thioether (sulfide) groups is 1. The number of para-hydroxylation sites is 1. The molecule has 1 amide bonds. The normalized spacial score (nSPS) is 16.1. The van der Waals surface area contributed by atoms with Crippen molar-refractivity contribution >= 4 is 34.3 Å². The molecule has 5 nitrogen and oxygen atoms in total. The number of hydrogen-bond acceptors (Lipinski definition) is 4. The van der Waals surface area contributed by atoms with E-state index in [1.165, 1.54) is 23.9 Å². The quantitative estimate of drug-likeness (QED) is 0.481. The first-order valence-electron chi connectivity index (χ1n) is 9.72. The number of halogens is 1. The van der Waals surface area contributed by atoms with E-state index in [1.54, 1.807) is 27.7 Å². The number of carbonyl (C=O) groups is 1. The van der Waals surface area contributed by atoms with Crippen LogP contribution in [0.25, 0.3) is 10.9 Å². The Hall–Kier alpha value is -2.67. The van der Waals surface area contributed by atoms with Crippen molar-refractivity contribution in [1.82, 2.24) is 9.55 Å². The van der Waals surface area contributed by atoms with Crippen LogP contribution in [-0.4, -0.2) is 27.3 Å². The van der Waals surface area contributed by atoms with Crippen LogP contribution in [0.5, 0.6) is 0 Å². The van der Waals surface area contributed by atoms with E-state index in [0.29, 0.717) is 22.6 Å². The Morgan fingerprint density at radius 2 is 2.07 bits per heavy atom. The summed E-state index contributed by atoms with van der Waals surface area (Å²) >= 11 is 1.27. The van der Waals surface area contributed by atoms with Crippen LogP contribution >= 0.6 is 11.8 Å². The number of benzene rings is 2. The summed E-state index contributed by atoms with van der Waals surface area (Å²) in [5, 5.41) is 1.11. The predicted molar refractivity (Wildman–Crippen MR) is 114 cm³/mol. The Bertz CT molecular complexity index is 1140. The van der Waals surface area contributed by atoms with Gasteiger partial charge in [0.2, 0.25) is 5.91 Å². The Morgan fingerprint density at radius 3 is 2.86 bits per heavy atom. The fourth-order valence-corrected chi connectivity index (χ4v) is 4.76. The molecule has 150 valence electrons. The van der Waals surface area contributed by atoms with Gasteiger partial charge in [-0.2, -0.15) is 0 Å². The molecule has 0 N–H and O–H groups in total. The lowest BCUT2D eigenvalue weighted by Crippen LogP contribution is -2.43. The Labute approximate surface area is 172 Å². The van der Waals surface area contributed by atoms with Crippen molar-refractivity contribution in [1.29, 1.82) is 0 Å². The van der Waals surface area contributed by atoms with Crippen molar-refractivity contribution in [2.24, 2.45) is 0 Å². The van der Waals surface area contributed by atoms with E-state index in [2.05, 4.69) is 4.98 Å². The molecule has 2 heterocycles. The Balaban J connectivity index is 1.62. The number of aryl methyl sites for hydroxylation is 1. The summed E-state index contributed by atoms with van der Waals surface area (Å²) in [6, 6.07) is 11.9. The molecular formula is C22H22FN3O2S. The lowest BCUT2D eigenvalue weighted by atomic mass is 9.96. The third kappa shape index (κ3) is 3.67. The maximum atomic E-state index is 13.6. The van der Waals surface area contributed by atoms with Crippen LogP contribution in [-0.2, 0) is 17.8 Å². The number of carbonyl (C=O) groups excluding carboxylic acids is 1. The average molecular weight is 412 g/mol. The second-order valence-electron chi connectivity index (χ2n) is 7.17. The molecule has 0 saturated carbocycles. The third-order valence-corrected chi connectivity index (χ3v) is 6.27. The topological polar surface area (TPSA) is 55.2 Å². The van der Waals surface area contributed by atoms with Crippen molar-refractivity contribution in [3.63, 3.8) is 0 Å². The highest BCUT2D eigenvalue weighted by Crippen LogP contribution is 2.32. The molecular weight excluding hydrogens is 389 g/mol. The van der Waals surface area contributed by atoms with Gasteiger partial charge in [0.1, 0.15) is 5.82 Å². The number of anilines is 1. The Kier molecular flexibility index (Phi) is 5.41. The van der Waals surface area contributed by atoms with E-state index in [9.17, 15) is 14.0 Å². The molecule has 4 rings (SSSR count). The van der Waals surface area contributed by atoms with Crippen molar-refractivity contribution < 1.29 is 9.18 Å². The first-order chi connectivity index (χ1) is 14.0. The zero-order valence-electron chi connectivity index (χ0n) is 16.4. The van der Waals surface area contributed by atoms with E-state index < -0.39 is 0 Å². The van der Waals surface area contributed by atoms with Gasteiger partial charge < -0.3 is 4.90 Å². The molecule has 7 heteroatoms. The summed E-state index contributed by atoms with van der Waals surface area (Å²) in [4.78, 5) is 32.2. The number of amides is 1. The van der Waals surface area contributed by atoms with E-state index in [0.717, 1.165) is 24.1 Å². The minimum Gasteiger partial charge on any atom is -0.309 e. The molecule has 1 atom stereocenters. The zero-order valence-corrected chi connectivity index (χ0v) is 17.2. The molecule has 29 heavy (non-hydrogen) atoms. The van der Waals surface area contributed by atoms with Crippen molar-refractivity contribution in [3.8, 4) is 0 Å². The van der Waals surface area contributed by atoms with Crippen molar-refractivity contribution in [2.75, 3.05) is 10.7 Å². The Morgan fingerprint density at radius 1 is 1.28 bits per heavy atom. The maximum Gasteiger partial charge on any atom is 0.262 e. The number of aromatic nitrogens is 2. The first-order valence-corrected chi connectivity index (χ1v) is 10.7. The van der Waals surface area contributed by atoms with E-state index in [4.69, 9.17) is 0 Å². The van der Waals surface area contributed by atoms with Crippen molar-refractivity contribution in [2.45, 2.75) is 44.4 Å². The van der Waals surface area contributed by atoms with Crippen LogP contribution in [0, 0.1) is 5.82 Å². The lowest BCUT2D eigenvalue weighted by molar-refractivity contribution is -0.116. The molecule has 0 unspecified atom stereocenters. The number of fused-ring (bicyclic) bond motifs is 2. The molecule has 0 saturated heterocycles. The van der Waals surface area contributed by atoms with Gasteiger partial charge in [-0.25, -0.2) is 9.37 Å². The highest BCUT2D eigenvalue weighted by molar-refractivity contribution is 7.99. The summed E-state index contributed by atoms with van der Waals surface area (Å²) in [5.74, 6) is -0.195. The molecule has 0 radical (unpaired) electrons. The van der Waals surface area contributed by atoms with E-state index in [-0.39, 0.29) is 29.1 Å².